The molecule has 1 atom stereocenters. The molecule has 0 aromatic carbocycles. The smallest absolute Gasteiger partial charge is 0.410 e. The minimum Gasteiger partial charge on any atom is -0.444 e. The number of hydrogen-bond acceptors (Lipinski definition) is 3. The molecule has 0 radical (unpaired) electrons. The van der Waals surface area contributed by atoms with Gasteiger partial charge < -0.3 is 10.1 Å². The first kappa shape index (κ1) is 12.0. The first-order valence-corrected chi connectivity index (χ1v) is 5.27. The van der Waals surface area contributed by atoms with E-state index in [1.54, 1.807) is 11.0 Å². The van der Waals surface area contributed by atoms with Gasteiger partial charge >= 0.3 is 6.09 Å². The summed E-state index contributed by atoms with van der Waals surface area (Å²) in [5.41, 5.74) is -0.437. The third-order valence-corrected chi connectivity index (χ3v) is 2.18. The second kappa shape index (κ2) is 4.66. The zero-order valence-electron chi connectivity index (χ0n) is 9.75. The van der Waals surface area contributed by atoms with Crippen molar-refractivity contribution in [2.45, 2.75) is 32.4 Å². The average Bonchev–Trinajstić information content (AvgIpc) is 2.15. The van der Waals surface area contributed by atoms with E-state index in [0.29, 0.717) is 6.54 Å². The molecule has 0 spiro atoms. The summed E-state index contributed by atoms with van der Waals surface area (Å²) < 4.78 is 5.32. The average molecular weight is 212 g/mol. The zero-order valence-corrected chi connectivity index (χ0v) is 9.75. The lowest BCUT2D eigenvalue weighted by atomic mass is 10.2. The molecule has 86 valence electrons. The van der Waals surface area contributed by atoms with Crippen LogP contribution < -0.4 is 5.32 Å². The number of ether oxygens (including phenoxy) is 1. The minimum atomic E-state index is -0.437. The van der Waals surface area contributed by atoms with Gasteiger partial charge in [-0.2, -0.15) is 0 Å². The largest absolute Gasteiger partial charge is 0.444 e. The van der Waals surface area contributed by atoms with Gasteiger partial charge in [0.25, 0.3) is 0 Å². The lowest BCUT2D eigenvalue weighted by molar-refractivity contribution is 0.0168. The molecular weight excluding hydrogens is 192 g/mol. The SMILES string of the molecule is C=CC1CNCCN1C(=O)OC(C)(C)C. The van der Waals surface area contributed by atoms with Crippen LogP contribution in [0.1, 0.15) is 20.8 Å². The summed E-state index contributed by atoms with van der Waals surface area (Å²) in [6.07, 6.45) is 1.52. The van der Waals surface area contributed by atoms with E-state index in [1.807, 2.05) is 20.8 Å². The van der Waals surface area contributed by atoms with Crippen LogP contribution in [0.5, 0.6) is 0 Å². The maximum absolute atomic E-state index is 11.8. The highest BCUT2D eigenvalue weighted by atomic mass is 16.6. The Bertz CT molecular complexity index is 245. The summed E-state index contributed by atoms with van der Waals surface area (Å²) in [6, 6.07) is 0.0357. The number of amides is 1. The van der Waals surface area contributed by atoms with Gasteiger partial charge in [0, 0.05) is 19.6 Å². The Labute approximate surface area is 91.3 Å². The number of piperazine rings is 1. The molecular formula is C11H20N2O2. The van der Waals surface area contributed by atoms with Gasteiger partial charge in [-0.1, -0.05) is 6.08 Å². The van der Waals surface area contributed by atoms with E-state index in [1.165, 1.54) is 0 Å². The Balaban J connectivity index is 2.60. The first-order chi connectivity index (χ1) is 6.94. The number of nitrogens with one attached hydrogen (secondary N) is 1. The predicted octanol–water partition coefficient (Wildman–Crippen LogP) is 1.38. The summed E-state index contributed by atoms with van der Waals surface area (Å²) in [4.78, 5) is 13.5. The predicted molar refractivity (Wildman–Crippen MR) is 59.8 cm³/mol. The van der Waals surface area contributed by atoms with Gasteiger partial charge in [0.15, 0.2) is 0 Å². The van der Waals surface area contributed by atoms with E-state index in [4.69, 9.17) is 4.74 Å². The second-order valence-electron chi connectivity index (χ2n) is 4.68. The zero-order chi connectivity index (χ0) is 11.5. The number of rotatable bonds is 1. The summed E-state index contributed by atoms with van der Waals surface area (Å²) in [5.74, 6) is 0. The lowest BCUT2D eigenvalue weighted by Crippen LogP contribution is -2.53. The van der Waals surface area contributed by atoms with Gasteiger partial charge in [0.05, 0.1) is 6.04 Å². The number of hydrogen-bond donors (Lipinski definition) is 1. The third kappa shape index (κ3) is 3.55. The molecule has 1 heterocycles. The standard InChI is InChI=1S/C11H20N2O2/c1-5-9-8-12-6-7-13(9)10(14)15-11(2,3)4/h5,9,12H,1,6-8H2,2-4H3. The lowest BCUT2D eigenvalue weighted by Gasteiger charge is -2.35. The molecule has 0 aliphatic carbocycles. The number of carbonyl (C=O) groups is 1. The van der Waals surface area contributed by atoms with Crippen molar-refractivity contribution in [1.29, 1.82) is 0 Å². The fraction of sp³-hybridized carbons (Fsp3) is 0.727. The summed E-state index contributed by atoms with van der Waals surface area (Å²) in [5, 5.41) is 3.21. The van der Waals surface area contributed by atoms with Crippen LogP contribution in [0, 0.1) is 0 Å². The second-order valence-corrected chi connectivity index (χ2v) is 4.68. The van der Waals surface area contributed by atoms with Gasteiger partial charge in [0.2, 0.25) is 0 Å². The van der Waals surface area contributed by atoms with Crippen LogP contribution in [0.15, 0.2) is 12.7 Å². The molecule has 1 rings (SSSR count). The fourth-order valence-electron chi connectivity index (χ4n) is 1.48. The molecule has 1 saturated heterocycles. The molecule has 15 heavy (non-hydrogen) atoms. The van der Waals surface area contributed by atoms with Crippen molar-refractivity contribution in [2.75, 3.05) is 19.6 Å². The van der Waals surface area contributed by atoms with Crippen LogP contribution in [0.2, 0.25) is 0 Å². The van der Waals surface area contributed by atoms with E-state index in [2.05, 4.69) is 11.9 Å². The Morgan fingerprint density at radius 3 is 2.80 bits per heavy atom. The molecule has 0 aromatic heterocycles. The molecule has 1 unspecified atom stereocenters. The van der Waals surface area contributed by atoms with Crippen molar-refractivity contribution in [1.82, 2.24) is 10.2 Å². The summed E-state index contributed by atoms with van der Waals surface area (Å²) in [7, 11) is 0. The van der Waals surface area contributed by atoms with E-state index in [-0.39, 0.29) is 12.1 Å². The third-order valence-electron chi connectivity index (χ3n) is 2.18. The molecule has 4 heteroatoms. The van der Waals surface area contributed by atoms with Crippen molar-refractivity contribution in [3.05, 3.63) is 12.7 Å². The van der Waals surface area contributed by atoms with Crippen molar-refractivity contribution >= 4 is 6.09 Å². The number of carbonyl (C=O) groups excluding carboxylic acids is 1. The molecule has 1 amide bonds. The van der Waals surface area contributed by atoms with E-state index < -0.39 is 5.60 Å². The highest BCUT2D eigenvalue weighted by Gasteiger charge is 2.28. The van der Waals surface area contributed by atoms with Crippen LogP contribution in [0.3, 0.4) is 0 Å². The van der Waals surface area contributed by atoms with Crippen LogP contribution in [0.4, 0.5) is 4.79 Å². The van der Waals surface area contributed by atoms with Gasteiger partial charge in [-0.25, -0.2) is 4.79 Å². The molecule has 0 saturated carbocycles. The Morgan fingerprint density at radius 1 is 1.60 bits per heavy atom. The molecule has 0 aromatic rings. The summed E-state index contributed by atoms with van der Waals surface area (Å²) in [6.45, 7) is 11.6. The Hall–Kier alpha value is -1.03. The van der Waals surface area contributed by atoms with Crippen molar-refractivity contribution in [2.24, 2.45) is 0 Å². The van der Waals surface area contributed by atoms with Crippen LogP contribution in [-0.2, 0) is 4.74 Å². The normalized spacial score (nSPS) is 22.3. The van der Waals surface area contributed by atoms with Crippen molar-refractivity contribution in [3.63, 3.8) is 0 Å². The van der Waals surface area contributed by atoms with Gasteiger partial charge in [-0.3, -0.25) is 4.90 Å². The quantitative estimate of drug-likeness (QED) is 0.668. The van der Waals surface area contributed by atoms with E-state index >= 15 is 0 Å². The molecule has 1 aliphatic heterocycles. The van der Waals surface area contributed by atoms with Gasteiger partial charge in [0.1, 0.15) is 5.60 Å². The van der Waals surface area contributed by atoms with Gasteiger partial charge in [-0.05, 0) is 20.8 Å². The maximum Gasteiger partial charge on any atom is 0.410 e. The highest BCUT2D eigenvalue weighted by Crippen LogP contribution is 2.13. The van der Waals surface area contributed by atoms with Crippen molar-refractivity contribution < 1.29 is 9.53 Å². The first-order valence-electron chi connectivity index (χ1n) is 5.27. The van der Waals surface area contributed by atoms with E-state index in [0.717, 1.165) is 13.1 Å². The molecule has 1 N–H and O–H groups in total. The van der Waals surface area contributed by atoms with Crippen molar-refractivity contribution in [3.8, 4) is 0 Å². The van der Waals surface area contributed by atoms with Gasteiger partial charge in [-0.15, -0.1) is 6.58 Å². The maximum atomic E-state index is 11.8. The van der Waals surface area contributed by atoms with Crippen LogP contribution in [-0.4, -0.2) is 42.3 Å². The Morgan fingerprint density at radius 2 is 2.27 bits per heavy atom. The van der Waals surface area contributed by atoms with Crippen LogP contribution >= 0.6 is 0 Å². The molecule has 4 nitrogen and oxygen atoms in total. The fourth-order valence-corrected chi connectivity index (χ4v) is 1.48. The number of nitrogens with zero attached hydrogens (tertiary/aromatic N) is 1. The monoisotopic (exact) mass is 212 g/mol. The topological polar surface area (TPSA) is 41.6 Å². The highest BCUT2D eigenvalue weighted by molar-refractivity contribution is 5.69. The minimum absolute atomic E-state index is 0.0357. The Kier molecular flexibility index (Phi) is 3.74. The molecule has 1 aliphatic rings. The summed E-state index contributed by atoms with van der Waals surface area (Å²) >= 11 is 0. The van der Waals surface area contributed by atoms with E-state index in [9.17, 15) is 4.79 Å². The van der Waals surface area contributed by atoms with Crippen LogP contribution in [0.25, 0.3) is 0 Å². The molecule has 0 bridgehead atoms. The molecule has 1 fully saturated rings.